The number of amides is 4. The van der Waals surface area contributed by atoms with Gasteiger partial charge in [0.05, 0.1) is 11.3 Å². The zero-order valence-corrected chi connectivity index (χ0v) is 11.4. The van der Waals surface area contributed by atoms with Crippen LogP contribution in [0, 0.1) is 17.0 Å². The minimum atomic E-state index is -1.24. The molecule has 0 aliphatic carbocycles. The molecule has 9 heteroatoms. The van der Waals surface area contributed by atoms with E-state index in [9.17, 15) is 29.3 Å². The Kier molecular flexibility index (Phi) is 3.97. The van der Waals surface area contributed by atoms with Gasteiger partial charge in [-0.3, -0.25) is 39.5 Å². The van der Waals surface area contributed by atoms with Crippen LogP contribution in [0.3, 0.4) is 0 Å². The summed E-state index contributed by atoms with van der Waals surface area (Å²) in [7, 11) is 0. The topological polar surface area (TPSA) is 127 Å². The number of nitrogens with zero attached hydrogens (tertiary/aromatic N) is 2. The maximum atomic E-state index is 12.4. The Morgan fingerprint density at radius 3 is 2.64 bits per heavy atom. The molecular weight excluding hydrogens is 294 g/mol. The number of carbonyl (C=O) groups is 4. The zero-order chi connectivity index (χ0) is 16.4. The Bertz CT molecular complexity index is 699. The molecule has 0 radical (unpaired) electrons. The van der Waals surface area contributed by atoms with Crippen molar-refractivity contribution in [3.8, 4) is 0 Å². The van der Waals surface area contributed by atoms with Gasteiger partial charge in [-0.05, 0) is 13.0 Å². The van der Waals surface area contributed by atoms with Crippen LogP contribution in [0.4, 0.5) is 5.69 Å². The van der Waals surface area contributed by atoms with E-state index in [0.717, 1.165) is 0 Å². The highest BCUT2D eigenvalue weighted by Crippen LogP contribution is 2.23. The van der Waals surface area contributed by atoms with Gasteiger partial charge in [0.25, 0.3) is 11.6 Å². The second-order valence-electron chi connectivity index (χ2n) is 4.66. The minimum Gasteiger partial charge on any atom is -0.295 e. The highest BCUT2D eigenvalue weighted by Gasteiger charge is 2.38. The lowest BCUT2D eigenvalue weighted by atomic mass is 10.0. The first-order valence-corrected chi connectivity index (χ1v) is 6.22. The molecule has 1 aliphatic rings. The number of nitro benzene ring substituents is 1. The van der Waals surface area contributed by atoms with Crippen LogP contribution in [0.2, 0.25) is 0 Å². The van der Waals surface area contributed by atoms with Crippen molar-refractivity contribution in [3.63, 3.8) is 0 Å². The first-order chi connectivity index (χ1) is 10.4. The molecule has 1 aliphatic heterocycles. The summed E-state index contributed by atoms with van der Waals surface area (Å²) in [5.74, 6) is -2.22. The van der Waals surface area contributed by atoms with Gasteiger partial charge >= 0.3 is 0 Å². The number of hydrogen-bond acceptors (Lipinski definition) is 6. The van der Waals surface area contributed by atoms with E-state index < -0.39 is 28.7 Å². The van der Waals surface area contributed by atoms with Crippen molar-refractivity contribution in [2.24, 2.45) is 0 Å². The highest BCUT2D eigenvalue weighted by molar-refractivity contribution is 6.11. The monoisotopic (exact) mass is 305 g/mol. The summed E-state index contributed by atoms with van der Waals surface area (Å²) in [5.41, 5.74) is -0.272. The van der Waals surface area contributed by atoms with Crippen LogP contribution in [-0.2, 0) is 14.4 Å². The molecule has 22 heavy (non-hydrogen) atoms. The van der Waals surface area contributed by atoms with E-state index in [1.807, 2.05) is 5.32 Å². The summed E-state index contributed by atoms with van der Waals surface area (Å²) in [6, 6.07) is 2.61. The van der Waals surface area contributed by atoms with Gasteiger partial charge < -0.3 is 0 Å². The lowest BCUT2D eigenvalue weighted by Crippen LogP contribution is -2.43. The molecule has 1 aromatic rings. The third-order valence-corrected chi connectivity index (χ3v) is 3.36. The molecule has 2 rings (SSSR count). The van der Waals surface area contributed by atoms with E-state index in [1.54, 1.807) is 0 Å². The molecular formula is C13H11N3O6. The van der Waals surface area contributed by atoms with Gasteiger partial charge in [0.15, 0.2) is 0 Å². The average molecular weight is 305 g/mol. The van der Waals surface area contributed by atoms with Crippen molar-refractivity contribution in [1.82, 2.24) is 10.2 Å². The third kappa shape index (κ3) is 2.55. The van der Waals surface area contributed by atoms with Crippen molar-refractivity contribution in [1.29, 1.82) is 0 Å². The molecule has 1 unspecified atom stereocenters. The summed E-state index contributed by atoms with van der Waals surface area (Å²) in [6.45, 7) is 1.37. The van der Waals surface area contributed by atoms with Crippen LogP contribution in [0.25, 0.3) is 0 Å². The molecule has 4 amide bonds. The summed E-state index contributed by atoms with van der Waals surface area (Å²) in [5, 5.41) is 12.9. The Labute approximate surface area is 124 Å². The molecule has 1 N–H and O–H groups in total. The fraction of sp³-hybridized carbons (Fsp3) is 0.231. The molecule has 9 nitrogen and oxygen atoms in total. The second-order valence-corrected chi connectivity index (χ2v) is 4.66. The Morgan fingerprint density at radius 2 is 2.14 bits per heavy atom. The Balaban J connectivity index is 2.40. The number of benzene rings is 1. The number of hydrogen-bond donors (Lipinski definition) is 1. The Hall–Kier alpha value is -3.10. The van der Waals surface area contributed by atoms with Crippen LogP contribution in [0.5, 0.6) is 0 Å². The van der Waals surface area contributed by atoms with Gasteiger partial charge in [-0.25, -0.2) is 0 Å². The van der Waals surface area contributed by atoms with Crippen LogP contribution in [0.15, 0.2) is 18.2 Å². The normalized spacial score (nSPS) is 17.0. The number of carbonyl (C=O) groups excluding carboxylic acids is 4. The van der Waals surface area contributed by atoms with Crippen LogP contribution >= 0.6 is 0 Å². The molecule has 1 atom stereocenters. The van der Waals surface area contributed by atoms with Gasteiger partial charge in [0.1, 0.15) is 6.04 Å². The Morgan fingerprint density at radius 1 is 1.45 bits per heavy atom. The fourth-order valence-corrected chi connectivity index (χ4v) is 2.22. The molecule has 1 fully saturated rings. The molecule has 1 heterocycles. The molecule has 1 saturated heterocycles. The maximum absolute atomic E-state index is 12.4. The predicted octanol–water partition coefficient (Wildman–Crippen LogP) is -0.0831. The summed E-state index contributed by atoms with van der Waals surface area (Å²) < 4.78 is 0. The van der Waals surface area contributed by atoms with Gasteiger partial charge in [-0.15, -0.1) is 0 Å². The van der Waals surface area contributed by atoms with Gasteiger partial charge in [-0.2, -0.15) is 0 Å². The third-order valence-electron chi connectivity index (χ3n) is 3.36. The molecule has 0 spiro atoms. The number of nitrogens with one attached hydrogen (secondary N) is 1. The van der Waals surface area contributed by atoms with Crippen molar-refractivity contribution in [2.45, 2.75) is 19.4 Å². The van der Waals surface area contributed by atoms with Crippen molar-refractivity contribution in [2.75, 3.05) is 0 Å². The van der Waals surface area contributed by atoms with E-state index >= 15 is 0 Å². The van der Waals surface area contributed by atoms with Gasteiger partial charge in [-0.1, -0.05) is 6.07 Å². The van der Waals surface area contributed by atoms with Crippen molar-refractivity contribution in [3.05, 3.63) is 39.4 Å². The fourth-order valence-electron chi connectivity index (χ4n) is 2.22. The summed E-state index contributed by atoms with van der Waals surface area (Å²) in [6.07, 6.45) is -0.180. The SMILES string of the molecule is Cc1c(C(=O)N(C=O)C2CC(=O)NC2=O)cccc1[N+](=O)[O-]. The molecule has 0 bridgehead atoms. The average Bonchev–Trinajstić information content (AvgIpc) is 2.78. The highest BCUT2D eigenvalue weighted by atomic mass is 16.6. The zero-order valence-electron chi connectivity index (χ0n) is 11.4. The summed E-state index contributed by atoms with van der Waals surface area (Å²) in [4.78, 5) is 57.1. The van der Waals surface area contributed by atoms with Crippen molar-refractivity contribution >= 4 is 29.8 Å². The van der Waals surface area contributed by atoms with Crippen LogP contribution in [0.1, 0.15) is 22.3 Å². The van der Waals surface area contributed by atoms with Gasteiger partial charge in [0, 0.05) is 17.2 Å². The standard InChI is InChI=1S/C13H11N3O6/c1-7-8(3-2-4-9(7)16(21)22)13(20)15(6-17)10-5-11(18)14-12(10)19/h2-4,6,10H,5H2,1H3,(H,14,18,19). The first kappa shape index (κ1) is 15.3. The predicted molar refractivity (Wildman–Crippen MR) is 71.6 cm³/mol. The lowest BCUT2D eigenvalue weighted by molar-refractivity contribution is -0.385. The molecule has 1 aromatic carbocycles. The van der Waals surface area contributed by atoms with E-state index in [2.05, 4.69) is 0 Å². The maximum Gasteiger partial charge on any atom is 0.273 e. The van der Waals surface area contributed by atoms with Crippen molar-refractivity contribution < 1.29 is 24.1 Å². The van der Waals surface area contributed by atoms with Crippen LogP contribution in [-0.4, -0.2) is 40.0 Å². The second kappa shape index (κ2) is 5.72. The molecule has 0 saturated carbocycles. The largest absolute Gasteiger partial charge is 0.295 e. The summed E-state index contributed by atoms with van der Waals surface area (Å²) >= 11 is 0. The number of nitro groups is 1. The quantitative estimate of drug-likeness (QED) is 0.358. The van der Waals surface area contributed by atoms with E-state index in [0.29, 0.717) is 4.90 Å². The minimum absolute atomic E-state index is 0.0755. The number of rotatable bonds is 4. The molecule has 114 valence electrons. The first-order valence-electron chi connectivity index (χ1n) is 6.22. The van der Waals surface area contributed by atoms with Crippen LogP contribution < -0.4 is 5.32 Å². The van der Waals surface area contributed by atoms with E-state index in [-0.39, 0.29) is 29.6 Å². The molecule has 0 aromatic heterocycles. The van der Waals surface area contributed by atoms with E-state index in [1.165, 1.54) is 25.1 Å². The van der Waals surface area contributed by atoms with E-state index in [4.69, 9.17) is 0 Å². The smallest absolute Gasteiger partial charge is 0.273 e. The lowest BCUT2D eigenvalue weighted by Gasteiger charge is -2.20. The number of imide groups is 2. The van der Waals surface area contributed by atoms with Gasteiger partial charge in [0.2, 0.25) is 18.2 Å².